The van der Waals surface area contributed by atoms with Crippen molar-refractivity contribution >= 4 is 16.8 Å². The number of nitrogens with zero attached hydrogens (tertiary/aromatic N) is 2. The highest BCUT2D eigenvalue weighted by Gasteiger charge is 2.28. The summed E-state index contributed by atoms with van der Waals surface area (Å²) in [4.78, 5) is 15.1. The molecule has 2 aromatic carbocycles. The van der Waals surface area contributed by atoms with E-state index in [0.717, 1.165) is 53.8 Å². The fourth-order valence-corrected chi connectivity index (χ4v) is 4.10. The van der Waals surface area contributed by atoms with Gasteiger partial charge in [0.05, 0.1) is 19.2 Å². The molecule has 0 bridgehead atoms. The Bertz CT molecular complexity index is 991. The third kappa shape index (κ3) is 3.50. The molecule has 5 heteroatoms. The van der Waals surface area contributed by atoms with E-state index in [9.17, 15) is 4.79 Å². The number of carbonyl (C=O) groups excluding carboxylic acids is 1. The first-order valence-corrected chi connectivity index (χ1v) is 9.70. The molecule has 1 amide bonds. The van der Waals surface area contributed by atoms with Crippen LogP contribution >= 0.6 is 0 Å². The Morgan fingerprint density at radius 1 is 1.14 bits per heavy atom. The average Bonchev–Trinajstić information content (AvgIpc) is 3.32. The summed E-state index contributed by atoms with van der Waals surface area (Å²) in [6, 6.07) is 15.9. The number of ether oxygens (including phenoxy) is 1. The van der Waals surface area contributed by atoms with Crippen LogP contribution < -0.4 is 4.74 Å². The summed E-state index contributed by atoms with van der Waals surface area (Å²) in [6.07, 6.45) is 1.98. The number of aryl methyl sites for hydroxylation is 1. The van der Waals surface area contributed by atoms with Crippen LogP contribution in [0, 0.1) is 5.92 Å². The highest BCUT2D eigenvalue weighted by atomic mass is 16.5. The van der Waals surface area contributed by atoms with E-state index in [1.807, 2.05) is 52.9 Å². The van der Waals surface area contributed by atoms with E-state index in [0.29, 0.717) is 5.92 Å². The van der Waals surface area contributed by atoms with Crippen molar-refractivity contribution in [2.45, 2.75) is 19.4 Å². The fourth-order valence-electron chi connectivity index (χ4n) is 4.10. The van der Waals surface area contributed by atoms with Crippen molar-refractivity contribution < 1.29 is 14.6 Å². The lowest BCUT2D eigenvalue weighted by Crippen LogP contribution is -2.30. The van der Waals surface area contributed by atoms with Crippen molar-refractivity contribution in [1.82, 2.24) is 9.47 Å². The smallest absolute Gasteiger partial charge is 0.270 e. The largest absolute Gasteiger partial charge is 0.497 e. The van der Waals surface area contributed by atoms with Gasteiger partial charge in [0.15, 0.2) is 0 Å². The van der Waals surface area contributed by atoms with Gasteiger partial charge in [-0.05, 0) is 48.1 Å². The van der Waals surface area contributed by atoms with Crippen LogP contribution in [0.2, 0.25) is 0 Å². The molecular formula is C23H26N2O3. The van der Waals surface area contributed by atoms with Crippen LogP contribution in [0.4, 0.5) is 0 Å². The van der Waals surface area contributed by atoms with Crippen LogP contribution in [0.3, 0.4) is 0 Å². The summed E-state index contributed by atoms with van der Waals surface area (Å²) >= 11 is 0. The second-order valence-electron chi connectivity index (χ2n) is 7.60. The maximum Gasteiger partial charge on any atom is 0.270 e. The summed E-state index contributed by atoms with van der Waals surface area (Å²) in [5.41, 5.74) is 3.91. The molecule has 2 heterocycles. The number of hydrogen-bond donors (Lipinski definition) is 1. The van der Waals surface area contributed by atoms with Crippen LogP contribution in [-0.2, 0) is 20.1 Å². The molecule has 3 aromatic rings. The van der Waals surface area contributed by atoms with E-state index in [-0.39, 0.29) is 12.5 Å². The molecular weight excluding hydrogens is 352 g/mol. The predicted molar refractivity (Wildman–Crippen MR) is 110 cm³/mol. The van der Waals surface area contributed by atoms with E-state index in [4.69, 9.17) is 9.84 Å². The van der Waals surface area contributed by atoms with Gasteiger partial charge in [-0.25, -0.2) is 0 Å². The summed E-state index contributed by atoms with van der Waals surface area (Å²) in [5.74, 6) is 1.36. The van der Waals surface area contributed by atoms with Gasteiger partial charge in [0.2, 0.25) is 0 Å². The Morgan fingerprint density at radius 2 is 1.89 bits per heavy atom. The normalized spacial score (nSPS) is 16.7. The molecule has 146 valence electrons. The van der Waals surface area contributed by atoms with Gasteiger partial charge in [-0.3, -0.25) is 4.79 Å². The number of likely N-dealkylation sites (tertiary alicyclic amines) is 1. The number of benzene rings is 2. The van der Waals surface area contributed by atoms with E-state index in [2.05, 4.69) is 12.1 Å². The molecule has 0 unspecified atom stereocenters. The number of amides is 1. The maximum absolute atomic E-state index is 13.1. The Hall–Kier alpha value is -2.79. The molecule has 0 radical (unpaired) electrons. The molecule has 1 aromatic heterocycles. The highest BCUT2D eigenvalue weighted by Crippen LogP contribution is 2.27. The minimum absolute atomic E-state index is 0.0723. The maximum atomic E-state index is 13.1. The standard InChI is InChI=1S/C23H26N2O3/c1-24-21-13-20(28-2)8-7-19(21)12-22(24)23(27)25-10-9-18(14-25)11-16-3-5-17(15-26)6-4-16/h3-8,12-13,18,26H,9-11,14-15H2,1-2H3/t18-/m0/s1. The topological polar surface area (TPSA) is 54.7 Å². The zero-order valence-electron chi connectivity index (χ0n) is 16.4. The van der Waals surface area contributed by atoms with Gasteiger partial charge in [-0.1, -0.05) is 24.3 Å². The lowest BCUT2D eigenvalue weighted by atomic mass is 9.98. The quantitative estimate of drug-likeness (QED) is 0.740. The molecule has 0 spiro atoms. The van der Waals surface area contributed by atoms with Gasteiger partial charge in [-0.2, -0.15) is 0 Å². The van der Waals surface area contributed by atoms with Crippen LogP contribution in [0.25, 0.3) is 10.9 Å². The van der Waals surface area contributed by atoms with Crippen molar-refractivity contribution in [1.29, 1.82) is 0 Å². The van der Waals surface area contributed by atoms with Crippen LogP contribution in [0.15, 0.2) is 48.5 Å². The van der Waals surface area contributed by atoms with E-state index in [1.54, 1.807) is 7.11 Å². The first-order valence-electron chi connectivity index (χ1n) is 9.70. The predicted octanol–water partition coefficient (Wildman–Crippen LogP) is 3.38. The number of aliphatic hydroxyl groups excluding tert-OH is 1. The van der Waals surface area contributed by atoms with Gasteiger partial charge >= 0.3 is 0 Å². The zero-order valence-corrected chi connectivity index (χ0v) is 16.4. The van der Waals surface area contributed by atoms with E-state index >= 15 is 0 Å². The molecule has 1 aliphatic rings. The third-order valence-electron chi connectivity index (χ3n) is 5.77. The number of carbonyl (C=O) groups is 1. The molecule has 1 fully saturated rings. The van der Waals surface area contributed by atoms with Crippen molar-refractivity contribution in [3.05, 3.63) is 65.4 Å². The lowest BCUT2D eigenvalue weighted by Gasteiger charge is -2.17. The van der Waals surface area contributed by atoms with Crippen LogP contribution in [-0.4, -0.2) is 40.7 Å². The molecule has 5 nitrogen and oxygen atoms in total. The molecule has 0 saturated carbocycles. The molecule has 28 heavy (non-hydrogen) atoms. The van der Waals surface area contributed by atoms with Gasteiger partial charge < -0.3 is 19.3 Å². The number of methoxy groups -OCH3 is 1. The molecule has 1 N–H and O–H groups in total. The van der Waals surface area contributed by atoms with Crippen LogP contribution in [0.1, 0.15) is 28.0 Å². The van der Waals surface area contributed by atoms with Crippen molar-refractivity contribution in [2.75, 3.05) is 20.2 Å². The average molecular weight is 378 g/mol. The third-order valence-corrected chi connectivity index (χ3v) is 5.77. The monoisotopic (exact) mass is 378 g/mol. The summed E-state index contributed by atoms with van der Waals surface area (Å²) in [6.45, 7) is 1.65. The Kier molecular flexibility index (Phi) is 5.09. The van der Waals surface area contributed by atoms with E-state index in [1.165, 1.54) is 5.56 Å². The Labute approximate surface area is 165 Å². The summed E-state index contributed by atoms with van der Waals surface area (Å²) < 4.78 is 7.27. The zero-order chi connectivity index (χ0) is 19.7. The Balaban J connectivity index is 1.47. The van der Waals surface area contributed by atoms with Crippen molar-refractivity contribution in [2.24, 2.45) is 13.0 Å². The highest BCUT2D eigenvalue weighted by molar-refractivity contribution is 5.99. The molecule has 1 saturated heterocycles. The first kappa shape index (κ1) is 18.6. The number of fused-ring (bicyclic) bond motifs is 1. The number of hydrogen-bond acceptors (Lipinski definition) is 3. The van der Waals surface area contributed by atoms with Crippen molar-refractivity contribution in [3.8, 4) is 5.75 Å². The van der Waals surface area contributed by atoms with Gasteiger partial charge in [0, 0.05) is 31.6 Å². The Morgan fingerprint density at radius 3 is 2.61 bits per heavy atom. The minimum Gasteiger partial charge on any atom is -0.497 e. The molecule has 1 atom stereocenters. The van der Waals surface area contributed by atoms with Crippen molar-refractivity contribution in [3.63, 3.8) is 0 Å². The van der Waals surface area contributed by atoms with Crippen LogP contribution in [0.5, 0.6) is 5.75 Å². The summed E-state index contributed by atoms with van der Waals surface area (Å²) in [7, 11) is 3.59. The number of aliphatic hydroxyl groups is 1. The first-order chi connectivity index (χ1) is 13.6. The van der Waals surface area contributed by atoms with Gasteiger partial charge in [-0.15, -0.1) is 0 Å². The molecule has 1 aliphatic heterocycles. The molecule has 4 rings (SSSR count). The fraction of sp³-hybridized carbons (Fsp3) is 0.348. The second-order valence-corrected chi connectivity index (χ2v) is 7.60. The SMILES string of the molecule is COc1ccc2cc(C(=O)N3CC[C@@H](Cc4ccc(CO)cc4)C3)n(C)c2c1. The minimum atomic E-state index is 0.0723. The second kappa shape index (κ2) is 7.68. The molecule has 0 aliphatic carbocycles. The van der Waals surface area contributed by atoms with Gasteiger partial charge in [0.25, 0.3) is 5.91 Å². The van der Waals surface area contributed by atoms with E-state index < -0.39 is 0 Å². The lowest BCUT2D eigenvalue weighted by molar-refractivity contribution is 0.0778. The van der Waals surface area contributed by atoms with Gasteiger partial charge in [0.1, 0.15) is 11.4 Å². The number of aromatic nitrogens is 1. The number of rotatable bonds is 5. The summed E-state index contributed by atoms with van der Waals surface area (Å²) in [5, 5.41) is 10.2.